The van der Waals surface area contributed by atoms with Gasteiger partial charge < -0.3 is 14.8 Å². The van der Waals surface area contributed by atoms with Crippen molar-refractivity contribution in [1.29, 1.82) is 0 Å². The van der Waals surface area contributed by atoms with E-state index in [1.54, 1.807) is 18.2 Å². The lowest BCUT2D eigenvalue weighted by Crippen LogP contribution is -2.39. The lowest BCUT2D eigenvalue weighted by Gasteiger charge is -2.20. The van der Waals surface area contributed by atoms with Gasteiger partial charge in [-0.1, -0.05) is 12.1 Å². The fraction of sp³-hybridized carbons (Fsp3) is 0.480. The molecule has 1 unspecified atom stereocenters. The smallest absolute Gasteiger partial charge is 0.387 e. The molecule has 2 aliphatic heterocycles. The largest absolute Gasteiger partial charge is 0.435 e. The molecule has 4 heterocycles. The van der Waals surface area contributed by atoms with Crippen LogP contribution in [-0.2, 0) is 4.74 Å². The minimum atomic E-state index is -2.88. The Morgan fingerprint density at radius 1 is 1.26 bits per heavy atom. The van der Waals surface area contributed by atoms with Gasteiger partial charge in [0.1, 0.15) is 17.0 Å². The molecule has 10 heteroatoms. The van der Waals surface area contributed by atoms with E-state index >= 15 is 0 Å². The van der Waals surface area contributed by atoms with Crippen LogP contribution in [0.5, 0.6) is 5.75 Å². The summed E-state index contributed by atoms with van der Waals surface area (Å²) >= 11 is 2.04. The van der Waals surface area contributed by atoms with Crippen LogP contribution in [0.3, 0.4) is 0 Å². The summed E-state index contributed by atoms with van der Waals surface area (Å²) in [5.41, 5.74) is 3.11. The first-order valence-electron chi connectivity index (χ1n) is 11.6. The Labute approximate surface area is 208 Å². The molecule has 2 aliphatic rings. The summed E-state index contributed by atoms with van der Waals surface area (Å²) in [5, 5.41) is 10.2. The molecule has 1 aromatic carbocycles. The van der Waals surface area contributed by atoms with Crippen molar-refractivity contribution in [3.63, 3.8) is 0 Å². The molecule has 3 aromatic rings. The number of carbonyl (C=O) groups is 1. The zero-order valence-corrected chi connectivity index (χ0v) is 20.9. The fourth-order valence-corrected chi connectivity index (χ4v) is 5.04. The van der Waals surface area contributed by atoms with Crippen LogP contribution in [0.25, 0.3) is 22.3 Å². The summed E-state index contributed by atoms with van der Waals surface area (Å²) in [7, 11) is 2.05. The Bertz CT molecular complexity index is 1060. The molecular formula is C25H32F2N4O3S. The van der Waals surface area contributed by atoms with Crippen molar-refractivity contribution in [2.24, 2.45) is 0 Å². The predicted octanol–water partition coefficient (Wildman–Crippen LogP) is 5.33. The molecule has 35 heavy (non-hydrogen) atoms. The number of hydrogen-bond acceptors (Lipinski definition) is 7. The van der Waals surface area contributed by atoms with E-state index in [1.165, 1.54) is 55.5 Å². The van der Waals surface area contributed by atoms with E-state index in [-0.39, 0.29) is 5.75 Å². The van der Waals surface area contributed by atoms with Gasteiger partial charge in [0.15, 0.2) is 6.29 Å². The number of nitrogens with zero attached hydrogens (tertiary/aromatic N) is 2. The first-order valence-corrected chi connectivity index (χ1v) is 12.8. The van der Waals surface area contributed by atoms with Crippen molar-refractivity contribution in [2.45, 2.75) is 44.8 Å². The minimum absolute atomic E-state index is 0.0446. The van der Waals surface area contributed by atoms with E-state index < -0.39 is 6.61 Å². The zero-order chi connectivity index (χ0) is 25.1. The van der Waals surface area contributed by atoms with Crippen LogP contribution >= 0.6 is 11.8 Å². The highest BCUT2D eigenvalue weighted by Crippen LogP contribution is 2.28. The Morgan fingerprint density at radius 3 is 2.60 bits per heavy atom. The Morgan fingerprint density at radius 2 is 2.06 bits per heavy atom. The first-order chi connectivity index (χ1) is 16.9. The zero-order valence-electron chi connectivity index (χ0n) is 20.1. The van der Waals surface area contributed by atoms with Crippen LogP contribution in [0.1, 0.15) is 43.0 Å². The van der Waals surface area contributed by atoms with Gasteiger partial charge in [0.05, 0.1) is 5.52 Å². The number of fused-ring (bicyclic) bond motifs is 1. The van der Waals surface area contributed by atoms with Gasteiger partial charge in [-0.25, -0.2) is 0 Å². The molecule has 1 atom stereocenters. The summed E-state index contributed by atoms with van der Waals surface area (Å²) in [6.45, 7) is 1.40. The second kappa shape index (κ2) is 13.5. The van der Waals surface area contributed by atoms with Gasteiger partial charge in [-0.15, -0.1) is 0 Å². The Balaban J connectivity index is 0.000000199. The molecule has 0 bridgehead atoms. The number of alkyl halides is 2. The van der Waals surface area contributed by atoms with Crippen molar-refractivity contribution in [3.05, 3.63) is 42.1 Å². The monoisotopic (exact) mass is 506 g/mol. The number of H-pyrrole nitrogens is 1. The molecule has 0 spiro atoms. The van der Waals surface area contributed by atoms with E-state index in [1.807, 2.05) is 18.8 Å². The van der Waals surface area contributed by atoms with Crippen molar-refractivity contribution >= 4 is 29.1 Å². The average molecular weight is 507 g/mol. The standard InChI is InChI=1S/C14H9F2N3O2.C6H13NS.C5H10O/c15-14(16)21-10-3-1-2-9(5-10)12-13-11(18-19-12)4-8(7-20)6-17-13;1-6(7-2)3-4-8-5-6;1-2-4-6-5-3-1/h1-7,14H,(H,18,19);7H,3-5H2,1-2H3;1-5H2. The third-order valence-electron chi connectivity index (χ3n) is 5.79. The molecule has 7 nitrogen and oxygen atoms in total. The van der Waals surface area contributed by atoms with Crippen LogP contribution in [-0.4, -0.2) is 65.4 Å². The van der Waals surface area contributed by atoms with Gasteiger partial charge >= 0.3 is 6.61 Å². The molecule has 0 saturated carbocycles. The quantitative estimate of drug-likeness (QED) is 0.452. The van der Waals surface area contributed by atoms with Crippen molar-refractivity contribution in [2.75, 3.05) is 31.8 Å². The van der Waals surface area contributed by atoms with Gasteiger partial charge in [-0.3, -0.25) is 14.9 Å². The van der Waals surface area contributed by atoms with Gasteiger partial charge in [-0.2, -0.15) is 25.6 Å². The molecule has 2 saturated heterocycles. The number of aldehydes is 1. The Kier molecular flexibility index (Phi) is 10.4. The topological polar surface area (TPSA) is 89.1 Å². The molecular weight excluding hydrogens is 474 g/mol. The predicted molar refractivity (Wildman–Crippen MR) is 135 cm³/mol. The van der Waals surface area contributed by atoms with Crippen LogP contribution in [0, 0.1) is 0 Å². The summed E-state index contributed by atoms with van der Waals surface area (Å²) in [6.07, 6.45) is 7.37. The number of halogens is 2. The van der Waals surface area contributed by atoms with Crippen LogP contribution in [0.15, 0.2) is 36.5 Å². The molecule has 0 aliphatic carbocycles. The summed E-state index contributed by atoms with van der Waals surface area (Å²) < 4.78 is 33.9. The maximum atomic E-state index is 12.2. The van der Waals surface area contributed by atoms with E-state index in [0.29, 0.717) is 39.7 Å². The van der Waals surface area contributed by atoms with E-state index in [2.05, 4.69) is 32.2 Å². The maximum Gasteiger partial charge on any atom is 0.387 e. The molecule has 0 radical (unpaired) electrons. The van der Waals surface area contributed by atoms with Crippen molar-refractivity contribution in [3.8, 4) is 17.0 Å². The average Bonchev–Trinajstić information content (AvgIpc) is 3.52. The number of aromatic nitrogens is 3. The third-order valence-corrected chi connectivity index (χ3v) is 7.12. The lowest BCUT2D eigenvalue weighted by molar-refractivity contribution is -0.0498. The van der Waals surface area contributed by atoms with Crippen molar-refractivity contribution in [1.82, 2.24) is 20.5 Å². The van der Waals surface area contributed by atoms with Crippen molar-refractivity contribution < 1.29 is 23.0 Å². The Hall–Kier alpha value is -2.56. The highest BCUT2D eigenvalue weighted by atomic mass is 32.2. The second-order valence-electron chi connectivity index (χ2n) is 8.55. The van der Waals surface area contributed by atoms with E-state index in [4.69, 9.17) is 4.74 Å². The van der Waals surface area contributed by atoms with E-state index in [9.17, 15) is 13.6 Å². The maximum absolute atomic E-state index is 12.2. The SMILES string of the molecule is C1CCOCC1.CNC1(C)CCSC1.O=Cc1cnc2c(-c3cccc(OC(F)F)c3)n[nH]c2c1. The first kappa shape index (κ1) is 27.0. The number of ether oxygens (including phenoxy) is 2. The van der Waals surface area contributed by atoms with Gasteiger partial charge in [0.25, 0.3) is 0 Å². The molecule has 2 aromatic heterocycles. The van der Waals surface area contributed by atoms with E-state index in [0.717, 1.165) is 13.2 Å². The van der Waals surface area contributed by atoms with Gasteiger partial charge in [0, 0.05) is 41.8 Å². The molecule has 2 fully saturated rings. The molecule has 0 amide bonds. The second-order valence-corrected chi connectivity index (χ2v) is 9.65. The number of hydrogen-bond donors (Lipinski definition) is 2. The van der Waals surface area contributed by atoms with Crippen LogP contribution < -0.4 is 10.1 Å². The fourth-order valence-electron chi connectivity index (χ4n) is 3.56. The summed E-state index contributed by atoms with van der Waals surface area (Å²) in [4.78, 5) is 14.9. The highest BCUT2D eigenvalue weighted by Gasteiger charge is 2.26. The number of rotatable bonds is 5. The third kappa shape index (κ3) is 8.26. The molecule has 190 valence electrons. The highest BCUT2D eigenvalue weighted by molar-refractivity contribution is 7.99. The summed E-state index contributed by atoms with van der Waals surface area (Å²) in [5.74, 6) is 2.66. The molecule has 5 rings (SSSR count). The number of pyridine rings is 1. The number of benzene rings is 1. The minimum Gasteiger partial charge on any atom is -0.435 e. The number of thioether (sulfide) groups is 1. The number of aromatic amines is 1. The van der Waals surface area contributed by atoms with Crippen LogP contribution in [0.4, 0.5) is 8.78 Å². The normalized spacial score (nSPS) is 19.5. The van der Waals surface area contributed by atoms with Gasteiger partial charge in [0.2, 0.25) is 0 Å². The number of nitrogens with one attached hydrogen (secondary N) is 2. The molecule has 2 N–H and O–H groups in total. The summed E-state index contributed by atoms with van der Waals surface area (Å²) in [6, 6.07) is 7.81. The number of carbonyl (C=O) groups excluding carboxylic acids is 1. The van der Waals surface area contributed by atoms with Gasteiger partial charge in [-0.05, 0) is 63.6 Å². The van der Waals surface area contributed by atoms with Crippen LogP contribution in [0.2, 0.25) is 0 Å². The lowest BCUT2D eigenvalue weighted by atomic mass is 10.0.